The number of hydrogen-bond acceptors (Lipinski definition) is 2. The van der Waals surface area contributed by atoms with E-state index in [1.54, 1.807) is 0 Å². The summed E-state index contributed by atoms with van der Waals surface area (Å²) in [6.45, 7) is 6.27. The third-order valence-corrected chi connectivity index (χ3v) is 4.95. The molecule has 2 aromatic heterocycles. The van der Waals surface area contributed by atoms with E-state index in [2.05, 4.69) is 76.3 Å². The van der Waals surface area contributed by atoms with Gasteiger partial charge in [-0.15, -0.1) is 0 Å². The Kier molecular flexibility index (Phi) is 4.22. The summed E-state index contributed by atoms with van der Waals surface area (Å²) in [6.07, 6.45) is 7.43. The normalized spacial score (nSPS) is 17.8. The molecule has 0 amide bonds. The molecule has 124 valence electrons. The molecule has 1 atom stereocenters. The van der Waals surface area contributed by atoms with Crippen molar-refractivity contribution in [2.45, 2.75) is 32.5 Å². The summed E-state index contributed by atoms with van der Waals surface area (Å²) in [6, 6.07) is 15.6. The summed E-state index contributed by atoms with van der Waals surface area (Å²) < 4.78 is 4.40. The molecule has 0 saturated heterocycles. The van der Waals surface area contributed by atoms with Crippen molar-refractivity contribution in [2.75, 3.05) is 13.1 Å². The molecule has 0 fully saturated rings. The zero-order valence-electron chi connectivity index (χ0n) is 14.2. The van der Waals surface area contributed by atoms with E-state index in [-0.39, 0.29) is 0 Å². The van der Waals surface area contributed by atoms with Gasteiger partial charge in [-0.2, -0.15) is 5.10 Å². The van der Waals surface area contributed by atoms with Gasteiger partial charge in [-0.05, 0) is 36.6 Å². The molecule has 3 heterocycles. The van der Waals surface area contributed by atoms with E-state index in [4.69, 9.17) is 0 Å². The maximum atomic E-state index is 4.40. The minimum atomic E-state index is 0.344. The molecular weight excluding hydrogens is 296 g/mol. The second kappa shape index (κ2) is 6.65. The summed E-state index contributed by atoms with van der Waals surface area (Å²) in [5, 5.41) is 4.40. The molecule has 1 aromatic carbocycles. The van der Waals surface area contributed by atoms with Crippen LogP contribution in [0.15, 0.2) is 61.1 Å². The van der Waals surface area contributed by atoms with Crippen molar-refractivity contribution in [3.05, 3.63) is 77.9 Å². The fourth-order valence-corrected chi connectivity index (χ4v) is 3.67. The Hall–Kier alpha value is -2.33. The maximum absolute atomic E-state index is 4.40. The van der Waals surface area contributed by atoms with Crippen LogP contribution in [-0.2, 0) is 19.5 Å². The molecule has 24 heavy (non-hydrogen) atoms. The summed E-state index contributed by atoms with van der Waals surface area (Å²) in [5.41, 5.74) is 4.10. The minimum Gasteiger partial charge on any atom is -0.348 e. The van der Waals surface area contributed by atoms with E-state index in [0.717, 1.165) is 32.6 Å². The van der Waals surface area contributed by atoms with Gasteiger partial charge in [-0.3, -0.25) is 9.58 Å². The van der Waals surface area contributed by atoms with Gasteiger partial charge < -0.3 is 4.57 Å². The fraction of sp³-hybridized carbons (Fsp3) is 0.350. The fourth-order valence-electron chi connectivity index (χ4n) is 3.67. The predicted octanol–water partition coefficient (Wildman–Crippen LogP) is 3.35. The van der Waals surface area contributed by atoms with Crippen molar-refractivity contribution >= 4 is 0 Å². The van der Waals surface area contributed by atoms with Gasteiger partial charge in [0.1, 0.15) is 0 Å². The lowest BCUT2D eigenvalue weighted by Crippen LogP contribution is -2.39. The van der Waals surface area contributed by atoms with Crippen LogP contribution >= 0.6 is 0 Å². The van der Waals surface area contributed by atoms with Gasteiger partial charge >= 0.3 is 0 Å². The SMILES string of the molecule is CCn1cc(CCN2CCn3cccc3[C@H]2c2ccccc2)cn1. The van der Waals surface area contributed by atoms with Gasteiger partial charge in [0.15, 0.2) is 0 Å². The van der Waals surface area contributed by atoms with Crippen molar-refractivity contribution in [3.8, 4) is 0 Å². The number of fused-ring (bicyclic) bond motifs is 1. The first kappa shape index (κ1) is 15.2. The highest BCUT2D eigenvalue weighted by Crippen LogP contribution is 2.32. The lowest BCUT2D eigenvalue weighted by atomic mass is 9.99. The largest absolute Gasteiger partial charge is 0.348 e. The van der Waals surface area contributed by atoms with Crippen LogP contribution in [0, 0.1) is 0 Å². The van der Waals surface area contributed by atoms with Crippen molar-refractivity contribution in [1.82, 2.24) is 19.2 Å². The van der Waals surface area contributed by atoms with Crippen molar-refractivity contribution < 1.29 is 0 Å². The van der Waals surface area contributed by atoms with Crippen LogP contribution < -0.4 is 0 Å². The van der Waals surface area contributed by atoms with Gasteiger partial charge in [0.05, 0.1) is 12.2 Å². The third-order valence-electron chi connectivity index (χ3n) is 4.95. The standard InChI is InChI=1S/C20H24N4/c1-2-24-16-17(15-21-24)10-12-23-14-13-22-11-6-9-19(22)20(23)18-7-4-3-5-8-18/h3-9,11,15-16,20H,2,10,12-14H2,1H3/t20-/m1/s1. The Morgan fingerprint density at radius 2 is 1.96 bits per heavy atom. The molecule has 4 rings (SSSR count). The van der Waals surface area contributed by atoms with Gasteiger partial charge in [-0.1, -0.05) is 30.3 Å². The Morgan fingerprint density at radius 3 is 2.75 bits per heavy atom. The van der Waals surface area contributed by atoms with E-state index in [9.17, 15) is 0 Å². The average molecular weight is 320 g/mol. The highest BCUT2D eigenvalue weighted by molar-refractivity contribution is 5.30. The summed E-state index contributed by atoms with van der Waals surface area (Å²) in [4.78, 5) is 2.61. The van der Waals surface area contributed by atoms with E-state index in [1.165, 1.54) is 16.8 Å². The Morgan fingerprint density at radius 1 is 1.08 bits per heavy atom. The van der Waals surface area contributed by atoms with Gasteiger partial charge in [0.25, 0.3) is 0 Å². The number of aromatic nitrogens is 3. The smallest absolute Gasteiger partial charge is 0.0756 e. The van der Waals surface area contributed by atoms with Crippen molar-refractivity contribution in [2.24, 2.45) is 0 Å². The molecule has 4 nitrogen and oxygen atoms in total. The van der Waals surface area contributed by atoms with E-state index in [1.807, 2.05) is 10.9 Å². The zero-order chi connectivity index (χ0) is 16.4. The Balaban J connectivity index is 1.57. The number of hydrogen-bond donors (Lipinski definition) is 0. The average Bonchev–Trinajstić information content (AvgIpc) is 3.29. The Bertz CT molecular complexity index is 787. The second-order valence-corrected chi connectivity index (χ2v) is 6.43. The van der Waals surface area contributed by atoms with Crippen LogP contribution in [0.1, 0.15) is 29.8 Å². The molecule has 0 aliphatic carbocycles. The first-order chi connectivity index (χ1) is 11.8. The molecule has 3 aromatic rings. The van der Waals surface area contributed by atoms with Crippen LogP contribution in [-0.4, -0.2) is 32.3 Å². The highest BCUT2D eigenvalue weighted by atomic mass is 15.3. The number of benzene rings is 1. The molecular formula is C20H24N4. The van der Waals surface area contributed by atoms with Crippen LogP contribution in [0.3, 0.4) is 0 Å². The van der Waals surface area contributed by atoms with Crippen molar-refractivity contribution in [3.63, 3.8) is 0 Å². The Labute approximate surface area is 143 Å². The summed E-state index contributed by atoms with van der Waals surface area (Å²) in [5.74, 6) is 0. The van der Waals surface area contributed by atoms with Crippen LogP contribution in [0.25, 0.3) is 0 Å². The second-order valence-electron chi connectivity index (χ2n) is 6.43. The molecule has 0 radical (unpaired) electrons. The first-order valence-corrected chi connectivity index (χ1v) is 8.80. The monoisotopic (exact) mass is 320 g/mol. The number of aryl methyl sites for hydroxylation is 1. The topological polar surface area (TPSA) is 26.0 Å². The molecule has 1 aliphatic rings. The van der Waals surface area contributed by atoms with E-state index >= 15 is 0 Å². The van der Waals surface area contributed by atoms with E-state index < -0.39 is 0 Å². The minimum absolute atomic E-state index is 0.344. The lowest BCUT2D eigenvalue weighted by Gasteiger charge is -2.37. The zero-order valence-corrected chi connectivity index (χ0v) is 14.2. The molecule has 0 N–H and O–H groups in total. The molecule has 0 spiro atoms. The quantitative estimate of drug-likeness (QED) is 0.720. The van der Waals surface area contributed by atoms with Gasteiger partial charge in [0, 0.05) is 44.3 Å². The molecule has 4 heteroatoms. The van der Waals surface area contributed by atoms with Gasteiger partial charge in [-0.25, -0.2) is 0 Å². The maximum Gasteiger partial charge on any atom is 0.0756 e. The number of rotatable bonds is 5. The summed E-state index contributed by atoms with van der Waals surface area (Å²) in [7, 11) is 0. The lowest BCUT2D eigenvalue weighted by molar-refractivity contribution is 0.185. The van der Waals surface area contributed by atoms with Crippen LogP contribution in [0.4, 0.5) is 0 Å². The first-order valence-electron chi connectivity index (χ1n) is 8.80. The predicted molar refractivity (Wildman–Crippen MR) is 95.9 cm³/mol. The molecule has 0 unspecified atom stereocenters. The highest BCUT2D eigenvalue weighted by Gasteiger charge is 2.28. The van der Waals surface area contributed by atoms with Gasteiger partial charge in [0.2, 0.25) is 0 Å². The summed E-state index contributed by atoms with van der Waals surface area (Å²) >= 11 is 0. The molecule has 0 saturated carbocycles. The van der Waals surface area contributed by atoms with Crippen LogP contribution in [0.2, 0.25) is 0 Å². The molecule has 0 bridgehead atoms. The number of nitrogens with zero attached hydrogens (tertiary/aromatic N) is 4. The van der Waals surface area contributed by atoms with E-state index in [0.29, 0.717) is 6.04 Å². The third kappa shape index (κ3) is 2.89. The van der Waals surface area contributed by atoms with Crippen molar-refractivity contribution in [1.29, 1.82) is 0 Å². The molecule has 1 aliphatic heterocycles. The van der Waals surface area contributed by atoms with Crippen LogP contribution in [0.5, 0.6) is 0 Å².